The molecule has 0 spiro atoms. The molecule has 1 aliphatic rings. The van der Waals surface area contributed by atoms with E-state index in [9.17, 15) is 4.79 Å². The Morgan fingerprint density at radius 2 is 1.96 bits per heavy atom. The minimum absolute atomic E-state index is 0.0400. The number of nitrogens with one attached hydrogen (secondary N) is 2. The molecule has 126 valence electrons. The molecule has 0 radical (unpaired) electrons. The molecule has 2 N–H and O–H groups in total. The van der Waals surface area contributed by atoms with Crippen LogP contribution in [-0.2, 0) is 4.79 Å². The van der Waals surface area contributed by atoms with Gasteiger partial charge in [-0.15, -0.1) is 0 Å². The largest absolute Gasteiger partial charge is 0.370 e. The van der Waals surface area contributed by atoms with Gasteiger partial charge in [0, 0.05) is 19.5 Å². The fraction of sp³-hybridized carbons (Fsp3) is 0.556. The number of amides is 1. The van der Waals surface area contributed by atoms with E-state index in [1.54, 1.807) is 0 Å². The van der Waals surface area contributed by atoms with Crippen molar-refractivity contribution in [3.63, 3.8) is 0 Å². The van der Waals surface area contributed by atoms with Crippen LogP contribution in [0.5, 0.6) is 0 Å². The van der Waals surface area contributed by atoms with Gasteiger partial charge in [-0.05, 0) is 49.0 Å². The summed E-state index contributed by atoms with van der Waals surface area (Å²) >= 11 is 5.28. The van der Waals surface area contributed by atoms with Crippen molar-refractivity contribution in [3.05, 3.63) is 24.3 Å². The zero-order valence-electron chi connectivity index (χ0n) is 14.3. The lowest BCUT2D eigenvalue weighted by Gasteiger charge is -2.33. The average molecular weight is 334 g/mol. The Labute approximate surface area is 144 Å². The van der Waals surface area contributed by atoms with Crippen molar-refractivity contribution in [1.29, 1.82) is 0 Å². The molecule has 0 atom stereocenters. The quantitative estimate of drug-likeness (QED) is 0.823. The molecule has 5 heteroatoms. The lowest BCUT2D eigenvalue weighted by Crippen LogP contribution is -2.36. The topological polar surface area (TPSA) is 44.4 Å². The summed E-state index contributed by atoms with van der Waals surface area (Å²) in [4.78, 5) is 14.2. The van der Waals surface area contributed by atoms with Crippen LogP contribution in [0.2, 0.25) is 0 Å². The molecule has 1 aliphatic heterocycles. The molecule has 0 saturated carbocycles. The van der Waals surface area contributed by atoms with E-state index >= 15 is 0 Å². The number of para-hydroxylation sites is 2. The van der Waals surface area contributed by atoms with Gasteiger partial charge in [-0.1, -0.05) is 32.9 Å². The van der Waals surface area contributed by atoms with E-state index in [1.807, 2.05) is 32.0 Å². The van der Waals surface area contributed by atoms with Crippen molar-refractivity contribution in [3.8, 4) is 0 Å². The van der Waals surface area contributed by atoms with Crippen LogP contribution < -0.4 is 15.5 Å². The molecule has 1 aromatic rings. The van der Waals surface area contributed by atoms with Gasteiger partial charge in [0.2, 0.25) is 5.91 Å². The molecule has 1 amide bonds. The minimum Gasteiger partial charge on any atom is -0.370 e. The number of nitrogens with zero attached hydrogens (tertiary/aromatic N) is 1. The predicted molar refractivity (Wildman–Crippen MR) is 101 cm³/mol. The van der Waals surface area contributed by atoms with Gasteiger partial charge in [-0.3, -0.25) is 4.79 Å². The molecular weight excluding hydrogens is 306 g/mol. The summed E-state index contributed by atoms with van der Waals surface area (Å²) < 4.78 is 0. The second kappa shape index (κ2) is 8.29. The summed E-state index contributed by atoms with van der Waals surface area (Å²) in [6, 6.07) is 8.14. The number of hydrogen-bond acceptors (Lipinski definition) is 3. The van der Waals surface area contributed by atoms with Crippen LogP contribution in [0, 0.1) is 11.8 Å². The van der Waals surface area contributed by atoms with Crippen LogP contribution in [0.15, 0.2) is 24.3 Å². The molecule has 2 rings (SSSR count). The van der Waals surface area contributed by atoms with Crippen LogP contribution in [-0.4, -0.2) is 24.1 Å². The van der Waals surface area contributed by atoms with Crippen molar-refractivity contribution < 1.29 is 4.79 Å². The van der Waals surface area contributed by atoms with Crippen LogP contribution in [0.4, 0.5) is 11.4 Å². The summed E-state index contributed by atoms with van der Waals surface area (Å²) in [7, 11) is 0. The van der Waals surface area contributed by atoms with E-state index in [0.29, 0.717) is 17.5 Å². The molecule has 23 heavy (non-hydrogen) atoms. The maximum Gasteiger partial charge on any atom is 0.226 e. The predicted octanol–water partition coefficient (Wildman–Crippen LogP) is 3.78. The molecule has 1 heterocycles. The van der Waals surface area contributed by atoms with Gasteiger partial charge < -0.3 is 15.5 Å². The number of rotatable bonds is 4. The van der Waals surface area contributed by atoms with Gasteiger partial charge in [-0.25, -0.2) is 0 Å². The van der Waals surface area contributed by atoms with Crippen LogP contribution in [0.25, 0.3) is 0 Å². The summed E-state index contributed by atoms with van der Waals surface area (Å²) in [5.74, 6) is 1.07. The number of carbonyl (C=O) groups excluding carboxylic acids is 1. The van der Waals surface area contributed by atoms with E-state index in [2.05, 4.69) is 28.5 Å². The molecule has 1 saturated heterocycles. The van der Waals surface area contributed by atoms with Crippen LogP contribution in [0.1, 0.15) is 40.0 Å². The van der Waals surface area contributed by atoms with Crippen molar-refractivity contribution in [1.82, 2.24) is 5.32 Å². The first-order valence-electron chi connectivity index (χ1n) is 8.40. The number of hydrogen-bond donors (Lipinski definition) is 2. The lowest BCUT2D eigenvalue weighted by atomic mass is 9.98. The van der Waals surface area contributed by atoms with Gasteiger partial charge in [0.1, 0.15) is 0 Å². The number of anilines is 2. The van der Waals surface area contributed by atoms with Crippen molar-refractivity contribution >= 4 is 34.6 Å². The Balaban J connectivity index is 2.00. The second-order valence-electron chi connectivity index (χ2n) is 6.79. The zero-order chi connectivity index (χ0) is 16.8. The molecule has 0 aliphatic carbocycles. The SMILES string of the molecule is CC(C)CC(=O)NC(=S)Nc1ccccc1N1CCC(C)CC1. The molecule has 1 fully saturated rings. The van der Waals surface area contributed by atoms with Crippen molar-refractivity contribution in [2.45, 2.75) is 40.0 Å². The highest BCUT2D eigenvalue weighted by Gasteiger charge is 2.18. The molecule has 0 bridgehead atoms. The molecule has 0 aromatic heterocycles. The highest BCUT2D eigenvalue weighted by Crippen LogP contribution is 2.29. The second-order valence-corrected chi connectivity index (χ2v) is 7.20. The fourth-order valence-corrected chi connectivity index (χ4v) is 3.03. The van der Waals surface area contributed by atoms with Crippen LogP contribution in [0.3, 0.4) is 0 Å². The molecular formula is C18H27N3OS. The average Bonchev–Trinajstić information content (AvgIpc) is 2.47. The molecule has 0 unspecified atom stereocenters. The number of carbonyl (C=O) groups is 1. The number of thiocarbonyl (C=S) groups is 1. The third kappa shape index (κ3) is 5.50. The fourth-order valence-electron chi connectivity index (χ4n) is 2.81. The first kappa shape index (κ1) is 17.7. The highest BCUT2D eigenvalue weighted by atomic mass is 32.1. The normalized spacial score (nSPS) is 15.6. The maximum absolute atomic E-state index is 11.8. The maximum atomic E-state index is 11.8. The third-order valence-corrected chi connectivity index (χ3v) is 4.33. The third-order valence-electron chi connectivity index (χ3n) is 4.12. The van der Waals surface area contributed by atoms with E-state index in [-0.39, 0.29) is 5.91 Å². The summed E-state index contributed by atoms with van der Waals surface area (Å²) in [6.07, 6.45) is 2.90. The first-order chi connectivity index (χ1) is 11.0. The first-order valence-corrected chi connectivity index (χ1v) is 8.81. The highest BCUT2D eigenvalue weighted by molar-refractivity contribution is 7.80. The van der Waals surface area contributed by atoms with Gasteiger partial charge in [0.05, 0.1) is 11.4 Å². The number of benzene rings is 1. The van der Waals surface area contributed by atoms with Gasteiger partial charge in [0.25, 0.3) is 0 Å². The summed E-state index contributed by atoms with van der Waals surface area (Å²) in [6.45, 7) is 8.46. The van der Waals surface area contributed by atoms with E-state index in [0.717, 1.165) is 30.4 Å². The lowest BCUT2D eigenvalue weighted by molar-refractivity contribution is -0.120. The van der Waals surface area contributed by atoms with Gasteiger partial charge in [-0.2, -0.15) is 0 Å². The summed E-state index contributed by atoms with van der Waals surface area (Å²) in [5, 5.41) is 6.31. The van der Waals surface area contributed by atoms with Crippen LogP contribution >= 0.6 is 12.2 Å². The molecule has 1 aromatic carbocycles. The monoisotopic (exact) mass is 333 g/mol. The Kier molecular flexibility index (Phi) is 6.39. The standard InChI is InChI=1S/C18H27N3OS/c1-13(2)12-17(22)20-18(23)19-15-6-4-5-7-16(15)21-10-8-14(3)9-11-21/h4-7,13-14H,8-12H2,1-3H3,(H2,19,20,22,23). The van der Waals surface area contributed by atoms with Crippen molar-refractivity contribution in [2.24, 2.45) is 11.8 Å². The smallest absolute Gasteiger partial charge is 0.226 e. The Morgan fingerprint density at radius 1 is 1.30 bits per heavy atom. The van der Waals surface area contributed by atoms with E-state index < -0.39 is 0 Å². The van der Waals surface area contributed by atoms with Gasteiger partial charge in [0.15, 0.2) is 5.11 Å². The zero-order valence-corrected chi connectivity index (χ0v) is 15.1. The van der Waals surface area contributed by atoms with E-state index in [4.69, 9.17) is 12.2 Å². The molecule has 4 nitrogen and oxygen atoms in total. The summed E-state index contributed by atoms with van der Waals surface area (Å²) in [5.41, 5.74) is 2.11. The minimum atomic E-state index is -0.0400. The Bertz CT molecular complexity index is 551. The van der Waals surface area contributed by atoms with Crippen molar-refractivity contribution in [2.75, 3.05) is 23.3 Å². The Morgan fingerprint density at radius 3 is 2.61 bits per heavy atom. The van der Waals surface area contributed by atoms with E-state index in [1.165, 1.54) is 12.8 Å². The van der Waals surface area contributed by atoms with Gasteiger partial charge >= 0.3 is 0 Å². The Hall–Kier alpha value is -1.62. The number of piperidine rings is 1.